The number of aromatic hydroxyl groups is 1. The van der Waals surface area contributed by atoms with Gasteiger partial charge in [-0.2, -0.15) is 0 Å². The largest absolute Gasteiger partial charge is 0.507 e. The average Bonchev–Trinajstić information content (AvgIpc) is 2.55. The molecule has 0 aliphatic heterocycles. The molecule has 7 heteroatoms. The molecular weight excluding hydrogens is 312 g/mol. The average molecular weight is 328 g/mol. The first-order valence-corrected chi connectivity index (χ1v) is 7.04. The molecule has 4 N–H and O–H groups in total. The van der Waals surface area contributed by atoms with Gasteiger partial charge in [0.1, 0.15) is 11.3 Å². The van der Waals surface area contributed by atoms with Crippen molar-refractivity contribution in [3.05, 3.63) is 59.2 Å². The topological polar surface area (TPSA) is 119 Å². The van der Waals surface area contributed by atoms with Crippen molar-refractivity contribution in [1.82, 2.24) is 0 Å². The maximum absolute atomic E-state index is 11.9. The third-order valence-corrected chi connectivity index (χ3v) is 3.25. The zero-order valence-corrected chi connectivity index (χ0v) is 12.9. The second-order valence-corrected chi connectivity index (χ2v) is 5.04. The predicted molar refractivity (Wildman–Crippen MR) is 86.7 cm³/mol. The Morgan fingerprint density at radius 3 is 2.42 bits per heavy atom. The van der Waals surface area contributed by atoms with Crippen molar-refractivity contribution in [2.24, 2.45) is 5.73 Å². The molecule has 0 spiro atoms. The fourth-order valence-corrected chi connectivity index (χ4v) is 1.95. The maximum Gasteiger partial charge on any atom is 0.342 e. The third kappa shape index (κ3) is 4.10. The van der Waals surface area contributed by atoms with Crippen molar-refractivity contribution in [2.45, 2.75) is 6.92 Å². The van der Waals surface area contributed by atoms with E-state index >= 15 is 0 Å². The zero-order valence-electron chi connectivity index (χ0n) is 12.9. The van der Waals surface area contributed by atoms with Gasteiger partial charge in [-0.3, -0.25) is 9.59 Å². The lowest BCUT2D eigenvalue weighted by atomic mass is 10.1. The van der Waals surface area contributed by atoms with Gasteiger partial charge in [0.15, 0.2) is 6.61 Å². The van der Waals surface area contributed by atoms with Crippen LogP contribution in [0.15, 0.2) is 42.5 Å². The fourth-order valence-electron chi connectivity index (χ4n) is 1.95. The molecule has 0 radical (unpaired) electrons. The fraction of sp³-hybridized carbons (Fsp3) is 0.118. The zero-order chi connectivity index (χ0) is 17.7. The number of ether oxygens (including phenoxy) is 1. The van der Waals surface area contributed by atoms with E-state index in [0.717, 1.165) is 0 Å². The van der Waals surface area contributed by atoms with E-state index in [0.29, 0.717) is 16.8 Å². The van der Waals surface area contributed by atoms with Crippen LogP contribution in [-0.2, 0) is 9.53 Å². The standard InChI is InChI=1S/C17H16N2O5/c1-10-3-2-4-13(15(10)21)17(23)24-9-14(20)19-12-7-5-11(6-8-12)16(18)22/h2-8,21H,9H2,1H3,(H2,18,22)(H,19,20). The van der Waals surface area contributed by atoms with E-state index in [4.69, 9.17) is 10.5 Å². The van der Waals surface area contributed by atoms with Gasteiger partial charge >= 0.3 is 5.97 Å². The van der Waals surface area contributed by atoms with E-state index in [9.17, 15) is 19.5 Å². The Morgan fingerprint density at radius 1 is 1.12 bits per heavy atom. The van der Waals surface area contributed by atoms with Crippen LogP contribution in [0.1, 0.15) is 26.3 Å². The van der Waals surface area contributed by atoms with Crippen LogP contribution >= 0.6 is 0 Å². The number of para-hydroxylation sites is 1. The Bertz CT molecular complexity index is 784. The smallest absolute Gasteiger partial charge is 0.342 e. The molecule has 0 saturated carbocycles. The summed E-state index contributed by atoms with van der Waals surface area (Å²) in [5, 5.41) is 12.3. The van der Waals surface area contributed by atoms with E-state index in [1.807, 2.05) is 0 Å². The number of esters is 1. The van der Waals surface area contributed by atoms with Gasteiger partial charge in [-0.15, -0.1) is 0 Å². The van der Waals surface area contributed by atoms with Gasteiger partial charge < -0.3 is 20.9 Å². The van der Waals surface area contributed by atoms with Gasteiger partial charge in [0.05, 0.1) is 0 Å². The molecule has 0 atom stereocenters. The highest BCUT2D eigenvalue weighted by Crippen LogP contribution is 2.22. The molecule has 2 aromatic carbocycles. The Morgan fingerprint density at radius 2 is 1.79 bits per heavy atom. The van der Waals surface area contributed by atoms with Crippen molar-refractivity contribution in [1.29, 1.82) is 0 Å². The second kappa shape index (κ2) is 7.28. The summed E-state index contributed by atoms with van der Waals surface area (Å²) in [4.78, 5) is 34.6. The number of benzene rings is 2. The van der Waals surface area contributed by atoms with E-state index in [-0.39, 0.29) is 11.3 Å². The molecule has 0 aliphatic carbocycles. The van der Waals surface area contributed by atoms with Crippen LogP contribution in [0.3, 0.4) is 0 Å². The lowest BCUT2D eigenvalue weighted by Gasteiger charge is -2.08. The first-order valence-electron chi connectivity index (χ1n) is 7.04. The van der Waals surface area contributed by atoms with Crippen molar-refractivity contribution in [3.63, 3.8) is 0 Å². The predicted octanol–water partition coefficient (Wildman–Crippen LogP) is 1.60. The van der Waals surface area contributed by atoms with Crippen molar-refractivity contribution >= 4 is 23.5 Å². The van der Waals surface area contributed by atoms with Crippen LogP contribution in [0.2, 0.25) is 0 Å². The molecule has 0 unspecified atom stereocenters. The molecular formula is C17H16N2O5. The number of carbonyl (C=O) groups excluding carboxylic acids is 3. The minimum absolute atomic E-state index is 0.00592. The summed E-state index contributed by atoms with van der Waals surface area (Å²) >= 11 is 0. The molecule has 2 amide bonds. The van der Waals surface area contributed by atoms with Gasteiger partial charge in [0, 0.05) is 11.3 Å². The summed E-state index contributed by atoms with van der Waals surface area (Å²) in [6.07, 6.45) is 0. The van der Waals surface area contributed by atoms with Crippen molar-refractivity contribution < 1.29 is 24.2 Å². The van der Waals surface area contributed by atoms with Crippen LogP contribution in [0.25, 0.3) is 0 Å². The summed E-state index contributed by atoms with van der Waals surface area (Å²) in [6.45, 7) is 1.14. The number of nitrogens with two attached hydrogens (primary N) is 1. The van der Waals surface area contributed by atoms with Crippen LogP contribution in [0.4, 0.5) is 5.69 Å². The number of primary amides is 1. The number of aryl methyl sites for hydroxylation is 1. The minimum atomic E-state index is -0.796. The normalized spacial score (nSPS) is 10.0. The molecule has 0 saturated heterocycles. The highest BCUT2D eigenvalue weighted by atomic mass is 16.5. The molecule has 0 bridgehead atoms. The number of rotatable bonds is 5. The monoisotopic (exact) mass is 328 g/mol. The molecule has 24 heavy (non-hydrogen) atoms. The number of phenols is 1. The molecule has 7 nitrogen and oxygen atoms in total. The van der Waals surface area contributed by atoms with Crippen LogP contribution < -0.4 is 11.1 Å². The first-order chi connectivity index (χ1) is 11.4. The summed E-state index contributed by atoms with van der Waals surface area (Å²) in [5.74, 6) is -2.09. The van der Waals surface area contributed by atoms with Gasteiger partial charge in [-0.25, -0.2) is 4.79 Å². The Balaban J connectivity index is 1.92. The van der Waals surface area contributed by atoms with Crippen LogP contribution in [-0.4, -0.2) is 29.5 Å². The number of anilines is 1. The number of amides is 2. The van der Waals surface area contributed by atoms with Gasteiger partial charge in [0.25, 0.3) is 5.91 Å². The maximum atomic E-state index is 11.9. The Kier molecular flexibility index (Phi) is 5.16. The number of hydrogen-bond donors (Lipinski definition) is 3. The van der Waals surface area contributed by atoms with Gasteiger partial charge in [-0.05, 0) is 42.8 Å². The first kappa shape index (κ1) is 17.0. The van der Waals surface area contributed by atoms with Gasteiger partial charge in [0.2, 0.25) is 5.91 Å². The number of hydrogen-bond acceptors (Lipinski definition) is 5. The lowest BCUT2D eigenvalue weighted by molar-refractivity contribution is -0.119. The summed E-state index contributed by atoms with van der Waals surface area (Å²) in [7, 11) is 0. The Labute approximate surface area is 138 Å². The highest BCUT2D eigenvalue weighted by molar-refractivity contribution is 5.97. The quantitative estimate of drug-likeness (QED) is 0.720. The Hall–Kier alpha value is -3.35. The lowest BCUT2D eigenvalue weighted by Crippen LogP contribution is -2.21. The summed E-state index contributed by atoms with van der Waals surface area (Å²) in [6, 6.07) is 10.6. The molecule has 124 valence electrons. The number of carbonyl (C=O) groups is 3. The van der Waals surface area contributed by atoms with Crippen molar-refractivity contribution in [2.75, 3.05) is 11.9 Å². The molecule has 0 heterocycles. The molecule has 0 fully saturated rings. The van der Waals surface area contributed by atoms with E-state index < -0.39 is 24.4 Å². The van der Waals surface area contributed by atoms with Crippen molar-refractivity contribution in [3.8, 4) is 5.75 Å². The van der Waals surface area contributed by atoms with E-state index in [1.165, 1.54) is 30.3 Å². The van der Waals surface area contributed by atoms with E-state index in [1.54, 1.807) is 19.1 Å². The minimum Gasteiger partial charge on any atom is -0.507 e. The van der Waals surface area contributed by atoms with Crippen LogP contribution in [0.5, 0.6) is 5.75 Å². The molecule has 0 aromatic heterocycles. The third-order valence-electron chi connectivity index (χ3n) is 3.25. The van der Waals surface area contributed by atoms with Gasteiger partial charge in [-0.1, -0.05) is 12.1 Å². The summed E-state index contributed by atoms with van der Waals surface area (Å²) < 4.78 is 4.87. The second-order valence-electron chi connectivity index (χ2n) is 5.04. The molecule has 2 rings (SSSR count). The SMILES string of the molecule is Cc1cccc(C(=O)OCC(=O)Nc2ccc(C(N)=O)cc2)c1O. The number of nitrogens with one attached hydrogen (secondary N) is 1. The van der Waals surface area contributed by atoms with E-state index in [2.05, 4.69) is 5.32 Å². The molecule has 2 aromatic rings. The molecule has 0 aliphatic rings. The summed E-state index contributed by atoms with van der Waals surface area (Å²) in [5.41, 5.74) is 6.39. The van der Waals surface area contributed by atoms with Crippen LogP contribution in [0, 0.1) is 6.92 Å². The number of phenolic OH excluding ortho intramolecular Hbond substituents is 1. The highest BCUT2D eigenvalue weighted by Gasteiger charge is 2.15.